The van der Waals surface area contributed by atoms with Crippen molar-refractivity contribution in [1.29, 1.82) is 0 Å². The monoisotopic (exact) mass is 435 g/mol. The van der Waals surface area contributed by atoms with Gasteiger partial charge in [-0.05, 0) is 49.7 Å². The third kappa shape index (κ3) is 6.85. The number of amides is 2. The molecule has 9 nitrogen and oxygen atoms in total. The molecule has 1 aliphatic rings. The lowest BCUT2D eigenvalue weighted by molar-refractivity contribution is -0.143. The summed E-state index contributed by atoms with van der Waals surface area (Å²) in [7, 11) is 1.76. The van der Waals surface area contributed by atoms with Gasteiger partial charge in [0, 0.05) is 6.54 Å². The zero-order valence-electron chi connectivity index (χ0n) is 18.4. The van der Waals surface area contributed by atoms with Gasteiger partial charge in [-0.1, -0.05) is 25.3 Å². The molecule has 2 amide bonds. The first-order valence-electron chi connectivity index (χ1n) is 10.7. The molecule has 0 aliphatic heterocycles. The SMILES string of the molecule is COc1ccc(CCNC(=O)C2(C(=O)NC(N)CCCB(O)O)CCCC2)cc1OC. The summed E-state index contributed by atoms with van der Waals surface area (Å²) in [4.78, 5) is 25.9. The summed E-state index contributed by atoms with van der Waals surface area (Å²) in [5.74, 6) is 0.633. The molecule has 0 bridgehead atoms. The summed E-state index contributed by atoms with van der Waals surface area (Å²) >= 11 is 0. The summed E-state index contributed by atoms with van der Waals surface area (Å²) < 4.78 is 10.5. The van der Waals surface area contributed by atoms with Gasteiger partial charge in [0.1, 0.15) is 5.41 Å². The number of hydrogen-bond acceptors (Lipinski definition) is 7. The van der Waals surface area contributed by atoms with E-state index >= 15 is 0 Å². The van der Waals surface area contributed by atoms with Gasteiger partial charge in [0.05, 0.1) is 20.4 Å². The highest BCUT2D eigenvalue weighted by Crippen LogP contribution is 2.38. The van der Waals surface area contributed by atoms with Gasteiger partial charge in [-0.2, -0.15) is 0 Å². The maximum absolute atomic E-state index is 13.0. The van der Waals surface area contributed by atoms with E-state index in [0.717, 1.165) is 18.4 Å². The summed E-state index contributed by atoms with van der Waals surface area (Å²) in [6.45, 7) is 0.393. The molecule has 1 fully saturated rings. The van der Waals surface area contributed by atoms with Gasteiger partial charge in [-0.25, -0.2) is 0 Å². The van der Waals surface area contributed by atoms with Crippen LogP contribution in [0.25, 0.3) is 0 Å². The fourth-order valence-electron chi connectivity index (χ4n) is 3.96. The number of rotatable bonds is 12. The quantitative estimate of drug-likeness (QED) is 0.184. The summed E-state index contributed by atoms with van der Waals surface area (Å²) in [6, 6.07) is 5.60. The van der Waals surface area contributed by atoms with Crippen LogP contribution in [0.5, 0.6) is 11.5 Å². The van der Waals surface area contributed by atoms with E-state index in [0.29, 0.717) is 50.1 Å². The minimum atomic E-state index is -1.39. The molecule has 1 aromatic carbocycles. The van der Waals surface area contributed by atoms with Crippen molar-refractivity contribution >= 4 is 18.9 Å². The zero-order chi connectivity index (χ0) is 22.9. The van der Waals surface area contributed by atoms with E-state index < -0.39 is 18.7 Å². The first-order valence-corrected chi connectivity index (χ1v) is 10.7. The van der Waals surface area contributed by atoms with Gasteiger partial charge in [0.15, 0.2) is 11.5 Å². The van der Waals surface area contributed by atoms with Crippen LogP contribution in [0.4, 0.5) is 0 Å². The van der Waals surface area contributed by atoms with Crippen molar-refractivity contribution in [3.05, 3.63) is 23.8 Å². The van der Waals surface area contributed by atoms with Crippen molar-refractivity contribution in [3.8, 4) is 11.5 Å². The maximum Gasteiger partial charge on any atom is 0.451 e. The van der Waals surface area contributed by atoms with Gasteiger partial charge < -0.3 is 35.9 Å². The second-order valence-corrected chi connectivity index (χ2v) is 7.98. The fraction of sp³-hybridized carbons (Fsp3) is 0.619. The van der Waals surface area contributed by atoms with Crippen LogP contribution < -0.4 is 25.8 Å². The Labute approximate surface area is 183 Å². The molecule has 31 heavy (non-hydrogen) atoms. The Balaban J connectivity index is 1.91. The largest absolute Gasteiger partial charge is 0.493 e. The van der Waals surface area contributed by atoms with E-state index in [1.807, 2.05) is 18.2 Å². The Morgan fingerprint density at radius 2 is 1.84 bits per heavy atom. The van der Waals surface area contributed by atoms with Crippen LogP contribution in [0.2, 0.25) is 6.32 Å². The van der Waals surface area contributed by atoms with Crippen LogP contribution in [0.15, 0.2) is 18.2 Å². The lowest BCUT2D eigenvalue weighted by Gasteiger charge is -2.28. The minimum absolute atomic E-state index is 0.186. The van der Waals surface area contributed by atoms with Crippen LogP contribution in [0, 0.1) is 5.41 Å². The van der Waals surface area contributed by atoms with E-state index in [2.05, 4.69) is 10.6 Å². The lowest BCUT2D eigenvalue weighted by Crippen LogP contribution is -2.54. The molecule has 0 spiro atoms. The number of benzene rings is 1. The normalized spacial score (nSPS) is 15.8. The Morgan fingerprint density at radius 3 is 2.45 bits per heavy atom. The molecule has 0 heterocycles. The molecular formula is C21H34BN3O6. The number of nitrogens with one attached hydrogen (secondary N) is 2. The highest BCUT2D eigenvalue weighted by atomic mass is 16.5. The van der Waals surface area contributed by atoms with Crippen molar-refractivity contribution in [2.24, 2.45) is 11.1 Å². The van der Waals surface area contributed by atoms with Crippen LogP contribution >= 0.6 is 0 Å². The standard InChI is InChI=1S/C21H34BN3O6/c1-30-16-8-7-15(14-17(16)31-2)9-13-24-19(26)21(10-3-4-11-21)20(27)25-18(23)6-5-12-22(28)29/h7-8,14,18,28-29H,3-6,9-13,23H2,1-2H3,(H,24,26)(H,25,27). The Hall–Kier alpha value is -2.30. The minimum Gasteiger partial charge on any atom is -0.493 e. The third-order valence-electron chi connectivity index (χ3n) is 5.77. The van der Waals surface area contributed by atoms with Crippen LogP contribution in [-0.4, -0.2) is 55.9 Å². The molecule has 1 atom stereocenters. The summed E-state index contributed by atoms with van der Waals surface area (Å²) in [5, 5.41) is 23.5. The fourth-order valence-corrected chi connectivity index (χ4v) is 3.96. The molecule has 0 saturated heterocycles. The Morgan fingerprint density at radius 1 is 1.16 bits per heavy atom. The number of carbonyl (C=O) groups excluding carboxylic acids is 2. The van der Waals surface area contributed by atoms with Gasteiger partial charge in [-0.3, -0.25) is 9.59 Å². The van der Waals surface area contributed by atoms with Crippen LogP contribution in [0.1, 0.15) is 44.1 Å². The molecule has 6 N–H and O–H groups in total. The van der Waals surface area contributed by atoms with Crippen LogP contribution in [0.3, 0.4) is 0 Å². The first-order chi connectivity index (χ1) is 14.8. The molecule has 1 saturated carbocycles. The number of carbonyl (C=O) groups is 2. The highest BCUT2D eigenvalue weighted by molar-refractivity contribution is 6.40. The number of hydrogen-bond donors (Lipinski definition) is 5. The first kappa shape index (κ1) is 25.0. The maximum atomic E-state index is 13.0. The third-order valence-corrected chi connectivity index (χ3v) is 5.77. The molecule has 172 valence electrons. The van der Waals surface area contributed by atoms with Gasteiger partial charge >= 0.3 is 7.12 Å². The van der Waals surface area contributed by atoms with Crippen LogP contribution in [-0.2, 0) is 16.0 Å². The topological polar surface area (TPSA) is 143 Å². The Kier molecular flexibility index (Phi) is 9.61. The molecule has 0 aromatic heterocycles. The van der Waals surface area contributed by atoms with E-state index in [9.17, 15) is 9.59 Å². The molecule has 0 radical (unpaired) electrons. The van der Waals surface area contributed by atoms with Gasteiger partial charge in [0.25, 0.3) is 0 Å². The van der Waals surface area contributed by atoms with E-state index in [1.165, 1.54) is 0 Å². The van der Waals surface area contributed by atoms with E-state index in [4.69, 9.17) is 25.3 Å². The van der Waals surface area contributed by atoms with Gasteiger partial charge in [0.2, 0.25) is 11.8 Å². The molecule has 1 aromatic rings. The average molecular weight is 435 g/mol. The van der Waals surface area contributed by atoms with Crippen molar-refractivity contribution in [3.63, 3.8) is 0 Å². The smallest absolute Gasteiger partial charge is 0.451 e. The van der Waals surface area contributed by atoms with Crippen molar-refractivity contribution < 1.29 is 29.1 Å². The lowest BCUT2D eigenvalue weighted by atomic mass is 9.82. The predicted molar refractivity (Wildman–Crippen MR) is 118 cm³/mol. The predicted octanol–water partition coefficient (Wildman–Crippen LogP) is 0.577. The van der Waals surface area contributed by atoms with Gasteiger partial charge in [-0.15, -0.1) is 0 Å². The van der Waals surface area contributed by atoms with E-state index in [-0.39, 0.29) is 18.1 Å². The van der Waals surface area contributed by atoms with Crippen molar-refractivity contribution in [2.45, 2.75) is 57.4 Å². The Bertz CT molecular complexity index is 740. The molecule has 1 unspecified atom stereocenters. The number of nitrogens with two attached hydrogens (primary N) is 1. The number of ether oxygens (including phenoxy) is 2. The van der Waals surface area contributed by atoms with Crippen molar-refractivity contribution in [2.75, 3.05) is 20.8 Å². The summed E-state index contributed by atoms with van der Waals surface area (Å²) in [6.07, 6.45) is 3.60. The average Bonchev–Trinajstić information content (AvgIpc) is 3.24. The number of methoxy groups -OCH3 is 2. The summed E-state index contributed by atoms with van der Waals surface area (Å²) in [5.41, 5.74) is 5.84. The molecule has 1 aliphatic carbocycles. The molecular weight excluding hydrogens is 401 g/mol. The second kappa shape index (κ2) is 11.9. The van der Waals surface area contributed by atoms with E-state index in [1.54, 1.807) is 14.2 Å². The highest BCUT2D eigenvalue weighted by Gasteiger charge is 2.47. The van der Waals surface area contributed by atoms with Crippen molar-refractivity contribution in [1.82, 2.24) is 10.6 Å². The second-order valence-electron chi connectivity index (χ2n) is 7.98. The molecule has 10 heteroatoms. The zero-order valence-corrected chi connectivity index (χ0v) is 18.4. The molecule has 2 rings (SSSR count).